The first kappa shape index (κ1) is 9.97. The lowest BCUT2D eigenvalue weighted by Crippen LogP contribution is -2.22. The van der Waals surface area contributed by atoms with Crippen LogP contribution in [0.3, 0.4) is 0 Å². The molecule has 0 fully saturated rings. The van der Waals surface area contributed by atoms with Gasteiger partial charge in [-0.05, 0) is 18.9 Å². The third kappa shape index (κ3) is 1.24. The maximum atomic E-state index is 4.74. The second-order valence-corrected chi connectivity index (χ2v) is 5.47. The highest BCUT2D eigenvalue weighted by atomic mass is 32.1. The summed E-state index contributed by atoms with van der Waals surface area (Å²) in [4.78, 5) is 9.36. The van der Waals surface area contributed by atoms with E-state index in [0.717, 1.165) is 21.4 Å². The standard InChI is InChI=1S/C13H14N2S/c1-4-9-6-5-7(2)10-11(9)15-13-12(10)14-8(3)16-13/h5-7H,4H2,1-3H3/t7-/m0/s1. The minimum Gasteiger partial charge on any atom is -0.239 e. The first-order valence-electron chi connectivity index (χ1n) is 5.68. The van der Waals surface area contributed by atoms with Gasteiger partial charge in [0.2, 0.25) is 0 Å². The van der Waals surface area contributed by atoms with Crippen LogP contribution in [-0.4, -0.2) is 4.98 Å². The Morgan fingerprint density at radius 2 is 2.25 bits per heavy atom. The van der Waals surface area contributed by atoms with Gasteiger partial charge in [0.15, 0.2) is 0 Å². The van der Waals surface area contributed by atoms with Crippen LogP contribution in [0.25, 0.3) is 5.57 Å². The lowest BCUT2D eigenvalue weighted by molar-refractivity contribution is 0.916. The van der Waals surface area contributed by atoms with Crippen LogP contribution in [0.2, 0.25) is 0 Å². The average Bonchev–Trinajstić information content (AvgIpc) is 2.74. The molecule has 3 heteroatoms. The zero-order valence-electron chi connectivity index (χ0n) is 9.74. The molecule has 0 spiro atoms. The summed E-state index contributed by atoms with van der Waals surface area (Å²) in [5.74, 6) is 0.441. The van der Waals surface area contributed by atoms with Gasteiger partial charge >= 0.3 is 0 Å². The summed E-state index contributed by atoms with van der Waals surface area (Å²) in [6.45, 7) is 6.45. The predicted molar refractivity (Wildman–Crippen MR) is 66.7 cm³/mol. The second-order valence-electron chi connectivity index (χ2n) is 4.29. The molecule has 0 bridgehead atoms. The van der Waals surface area contributed by atoms with Crippen LogP contribution in [0, 0.1) is 12.8 Å². The lowest BCUT2D eigenvalue weighted by atomic mass is 9.89. The van der Waals surface area contributed by atoms with Crippen molar-refractivity contribution in [2.75, 3.05) is 0 Å². The van der Waals surface area contributed by atoms with Gasteiger partial charge in [0.1, 0.15) is 10.0 Å². The van der Waals surface area contributed by atoms with E-state index in [4.69, 9.17) is 4.99 Å². The molecule has 0 saturated carbocycles. The summed E-state index contributed by atoms with van der Waals surface area (Å²) in [5, 5.41) is 2.24. The topological polar surface area (TPSA) is 25.2 Å². The van der Waals surface area contributed by atoms with Crippen molar-refractivity contribution in [1.29, 1.82) is 0 Å². The Morgan fingerprint density at radius 1 is 1.44 bits per heavy atom. The van der Waals surface area contributed by atoms with Crippen molar-refractivity contribution in [3.63, 3.8) is 0 Å². The van der Waals surface area contributed by atoms with Crippen molar-refractivity contribution in [3.8, 4) is 0 Å². The molecule has 1 atom stereocenters. The smallest absolute Gasteiger partial charge is 0.144 e. The highest BCUT2D eigenvalue weighted by Gasteiger charge is 2.24. The van der Waals surface area contributed by atoms with E-state index in [9.17, 15) is 0 Å². The van der Waals surface area contributed by atoms with E-state index in [0.29, 0.717) is 5.92 Å². The van der Waals surface area contributed by atoms with Crippen LogP contribution in [0.4, 0.5) is 0 Å². The van der Waals surface area contributed by atoms with Crippen molar-refractivity contribution in [2.45, 2.75) is 27.2 Å². The summed E-state index contributed by atoms with van der Waals surface area (Å²) in [6, 6.07) is 0. The molecule has 3 rings (SSSR count). The third-order valence-electron chi connectivity index (χ3n) is 3.17. The molecule has 0 N–H and O–H groups in total. The van der Waals surface area contributed by atoms with E-state index >= 15 is 0 Å². The number of aromatic nitrogens is 1. The lowest BCUT2D eigenvalue weighted by Gasteiger charge is -2.17. The molecule has 0 saturated heterocycles. The van der Waals surface area contributed by atoms with Crippen molar-refractivity contribution in [1.82, 2.24) is 4.98 Å². The zero-order chi connectivity index (χ0) is 11.3. The molecular formula is C13H14N2S. The molecule has 1 aliphatic carbocycles. The molecule has 2 aliphatic rings. The fraction of sp³-hybridized carbons (Fsp3) is 0.385. The SMILES string of the molecule is CCC1=C2N=c3sc(C)nc3=C2[C@@H](C)C=C1. The number of allylic oxidation sites excluding steroid dienone is 4. The van der Waals surface area contributed by atoms with Crippen LogP contribution < -0.4 is 10.0 Å². The molecular weight excluding hydrogens is 216 g/mol. The summed E-state index contributed by atoms with van der Waals surface area (Å²) in [6.07, 6.45) is 5.52. The normalized spacial score (nSPS) is 22.2. The van der Waals surface area contributed by atoms with Gasteiger partial charge in [0.25, 0.3) is 0 Å². The molecule has 1 aromatic heterocycles. The van der Waals surface area contributed by atoms with Gasteiger partial charge in [0.05, 0.1) is 10.7 Å². The van der Waals surface area contributed by atoms with Crippen LogP contribution in [0.1, 0.15) is 25.3 Å². The van der Waals surface area contributed by atoms with Crippen LogP contribution in [0.5, 0.6) is 0 Å². The maximum Gasteiger partial charge on any atom is 0.144 e. The van der Waals surface area contributed by atoms with Gasteiger partial charge in [-0.2, -0.15) is 0 Å². The first-order chi connectivity index (χ1) is 7.70. The van der Waals surface area contributed by atoms with Crippen molar-refractivity contribution in [2.24, 2.45) is 10.9 Å². The van der Waals surface area contributed by atoms with E-state index in [2.05, 4.69) is 31.0 Å². The Balaban J connectivity index is 2.37. The molecule has 0 radical (unpaired) electrons. The number of nitrogens with zero attached hydrogens (tertiary/aromatic N) is 2. The molecule has 0 unspecified atom stereocenters. The Kier molecular flexibility index (Phi) is 2.11. The number of rotatable bonds is 1. The monoisotopic (exact) mass is 230 g/mol. The van der Waals surface area contributed by atoms with Gasteiger partial charge in [-0.3, -0.25) is 0 Å². The largest absolute Gasteiger partial charge is 0.239 e. The molecule has 1 aliphatic heterocycles. The highest BCUT2D eigenvalue weighted by Crippen LogP contribution is 2.33. The van der Waals surface area contributed by atoms with Gasteiger partial charge in [-0.15, -0.1) is 0 Å². The molecule has 82 valence electrons. The summed E-state index contributed by atoms with van der Waals surface area (Å²) in [7, 11) is 0. The van der Waals surface area contributed by atoms with E-state index in [1.165, 1.54) is 16.8 Å². The van der Waals surface area contributed by atoms with E-state index in [1.807, 2.05) is 6.92 Å². The maximum absolute atomic E-state index is 4.74. The fourth-order valence-electron chi connectivity index (χ4n) is 2.34. The summed E-state index contributed by atoms with van der Waals surface area (Å²) in [5.41, 5.74) is 3.86. The molecule has 2 nitrogen and oxygen atoms in total. The number of hydrogen-bond acceptors (Lipinski definition) is 3. The quantitative estimate of drug-likeness (QED) is 0.725. The zero-order valence-corrected chi connectivity index (χ0v) is 10.6. The summed E-state index contributed by atoms with van der Waals surface area (Å²) < 4.78 is 1.10. The summed E-state index contributed by atoms with van der Waals surface area (Å²) >= 11 is 1.70. The van der Waals surface area contributed by atoms with E-state index in [1.54, 1.807) is 11.3 Å². The molecule has 1 aromatic rings. The number of thiazole rings is 1. The van der Waals surface area contributed by atoms with Crippen molar-refractivity contribution >= 4 is 16.9 Å². The first-order valence-corrected chi connectivity index (χ1v) is 6.50. The second kappa shape index (κ2) is 3.39. The molecule has 2 heterocycles. The van der Waals surface area contributed by atoms with Crippen LogP contribution in [-0.2, 0) is 0 Å². The molecule has 0 amide bonds. The molecule has 16 heavy (non-hydrogen) atoms. The van der Waals surface area contributed by atoms with Gasteiger partial charge in [0, 0.05) is 11.5 Å². The van der Waals surface area contributed by atoms with Gasteiger partial charge in [-0.1, -0.05) is 37.3 Å². The van der Waals surface area contributed by atoms with Gasteiger partial charge < -0.3 is 0 Å². The van der Waals surface area contributed by atoms with Crippen LogP contribution in [0.15, 0.2) is 28.4 Å². The number of fused-ring (bicyclic) bond motifs is 2. The number of aryl methyl sites for hydroxylation is 1. The average molecular weight is 230 g/mol. The molecule has 0 aromatic carbocycles. The minimum atomic E-state index is 0.441. The van der Waals surface area contributed by atoms with E-state index in [-0.39, 0.29) is 0 Å². The van der Waals surface area contributed by atoms with E-state index < -0.39 is 0 Å². The predicted octanol–water partition coefficient (Wildman–Crippen LogP) is 2.11. The Morgan fingerprint density at radius 3 is 3.00 bits per heavy atom. The Labute approximate surface area is 98.8 Å². The Bertz CT molecular complexity index is 631. The fourth-order valence-corrected chi connectivity index (χ4v) is 3.14. The highest BCUT2D eigenvalue weighted by molar-refractivity contribution is 7.09. The van der Waals surface area contributed by atoms with Gasteiger partial charge in [-0.25, -0.2) is 9.98 Å². The van der Waals surface area contributed by atoms with Crippen LogP contribution >= 0.6 is 11.3 Å². The van der Waals surface area contributed by atoms with Crippen molar-refractivity contribution in [3.05, 3.63) is 38.4 Å². The van der Waals surface area contributed by atoms with Crippen molar-refractivity contribution < 1.29 is 0 Å². The minimum absolute atomic E-state index is 0.441. The third-order valence-corrected chi connectivity index (χ3v) is 4.03. The number of hydrogen-bond donors (Lipinski definition) is 0. The Hall–Kier alpha value is -1.22.